The molecule has 60 valence electrons. The first-order chi connectivity index (χ1) is 5.34. The molecule has 0 bridgehead atoms. The van der Waals surface area contributed by atoms with E-state index in [4.69, 9.17) is 0 Å². The van der Waals surface area contributed by atoms with Crippen LogP contribution in [0.15, 0.2) is 0 Å². The highest BCUT2D eigenvalue weighted by Gasteiger charge is 2.20. The Morgan fingerprint density at radius 2 is 2.45 bits per heavy atom. The highest BCUT2D eigenvalue weighted by Crippen LogP contribution is 2.18. The Labute approximate surface area is 65.4 Å². The van der Waals surface area contributed by atoms with Gasteiger partial charge in [-0.15, -0.1) is 0 Å². The molecule has 1 heterocycles. The molecule has 1 saturated carbocycles. The lowest BCUT2D eigenvalue weighted by Crippen LogP contribution is -2.16. The summed E-state index contributed by atoms with van der Waals surface area (Å²) in [7, 11) is 0. The van der Waals surface area contributed by atoms with Crippen LogP contribution >= 0.6 is 0 Å². The van der Waals surface area contributed by atoms with E-state index in [0.29, 0.717) is 0 Å². The van der Waals surface area contributed by atoms with Crippen LogP contribution < -0.4 is 5.32 Å². The van der Waals surface area contributed by atoms with E-state index >= 15 is 0 Å². The van der Waals surface area contributed by atoms with Crippen LogP contribution in [0.25, 0.3) is 0 Å². The molecule has 0 spiro atoms. The van der Waals surface area contributed by atoms with Crippen LogP contribution in [0.2, 0.25) is 0 Å². The van der Waals surface area contributed by atoms with Gasteiger partial charge in [-0.1, -0.05) is 0 Å². The van der Waals surface area contributed by atoms with Gasteiger partial charge in [-0.3, -0.25) is 5.10 Å². The Balaban J connectivity index is 1.85. The van der Waals surface area contributed by atoms with E-state index in [9.17, 15) is 0 Å². The standard InChI is InChI=1S/C7H12N4/c1-5-9-7(11-10-5)4-8-6-2-3-6/h6,8H,2-4H2,1H3,(H,9,10,11). The van der Waals surface area contributed by atoms with Crippen LogP contribution in [0, 0.1) is 6.92 Å². The van der Waals surface area contributed by atoms with Gasteiger partial charge in [-0.2, -0.15) is 5.10 Å². The normalized spacial score (nSPS) is 17.2. The predicted molar refractivity (Wildman–Crippen MR) is 41.0 cm³/mol. The molecular weight excluding hydrogens is 140 g/mol. The van der Waals surface area contributed by atoms with Crippen molar-refractivity contribution < 1.29 is 0 Å². The summed E-state index contributed by atoms with van der Waals surface area (Å²) >= 11 is 0. The minimum absolute atomic E-state index is 0.730. The molecule has 0 aliphatic heterocycles. The van der Waals surface area contributed by atoms with Crippen LogP contribution in [0.5, 0.6) is 0 Å². The van der Waals surface area contributed by atoms with E-state index in [-0.39, 0.29) is 0 Å². The number of hydrogen-bond acceptors (Lipinski definition) is 3. The van der Waals surface area contributed by atoms with E-state index in [1.165, 1.54) is 12.8 Å². The first-order valence-corrected chi connectivity index (χ1v) is 3.96. The second-order valence-corrected chi connectivity index (χ2v) is 2.99. The van der Waals surface area contributed by atoms with Crippen molar-refractivity contribution in [1.82, 2.24) is 20.5 Å². The summed E-state index contributed by atoms with van der Waals surface area (Å²) < 4.78 is 0. The summed E-state index contributed by atoms with van der Waals surface area (Å²) in [5.74, 6) is 1.76. The average Bonchev–Trinajstić information content (AvgIpc) is 2.72. The van der Waals surface area contributed by atoms with Gasteiger partial charge in [-0.25, -0.2) is 4.98 Å². The van der Waals surface area contributed by atoms with Crippen molar-refractivity contribution in [2.45, 2.75) is 32.4 Å². The summed E-state index contributed by atoms with van der Waals surface area (Å²) in [5.41, 5.74) is 0. The van der Waals surface area contributed by atoms with E-state index < -0.39 is 0 Å². The number of aryl methyl sites for hydroxylation is 1. The second kappa shape index (κ2) is 2.62. The molecule has 1 aliphatic carbocycles. The molecule has 2 N–H and O–H groups in total. The second-order valence-electron chi connectivity index (χ2n) is 2.99. The predicted octanol–water partition coefficient (Wildman–Crippen LogP) is 0.365. The highest BCUT2D eigenvalue weighted by atomic mass is 15.2. The molecule has 0 unspecified atom stereocenters. The molecule has 0 amide bonds. The van der Waals surface area contributed by atoms with Crippen molar-refractivity contribution in [3.05, 3.63) is 11.6 Å². The number of nitrogens with zero attached hydrogens (tertiary/aromatic N) is 2. The fourth-order valence-corrected chi connectivity index (χ4v) is 0.991. The lowest BCUT2D eigenvalue weighted by atomic mass is 10.5. The summed E-state index contributed by atoms with van der Waals surface area (Å²) in [6.07, 6.45) is 2.62. The van der Waals surface area contributed by atoms with E-state index in [2.05, 4.69) is 20.5 Å². The van der Waals surface area contributed by atoms with Crippen molar-refractivity contribution in [1.29, 1.82) is 0 Å². The summed E-state index contributed by atoms with van der Waals surface area (Å²) in [6, 6.07) is 0.730. The summed E-state index contributed by atoms with van der Waals surface area (Å²) in [4.78, 5) is 4.18. The maximum atomic E-state index is 4.18. The van der Waals surface area contributed by atoms with Crippen LogP contribution in [-0.4, -0.2) is 21.2 Å². The fraction of sp³-hybridized carbons (Fsp3) is 0.714. The third-order valence-electron chi connectivity index (χ3n) is 1.77. The molecule has 1 fully saturated rings. The molecule has 2 rings (SSSR count). The van der Waals surface area contributed by atoms with Crippen LogP contribution in [0.3, 0.4) is 0 Å². The smallest absolute Gasteiger partial charge is 0.164 e. The maximum absolute atomic E-state index is 4.18. The molecule has 0 saturated heterocycles. The molecule has 0 aromatic carbocycles. The van der Waals surface area contributed by atoms with Gasteiger partial charge in [0.05, 0.1) is 6.54 Å². The van der Waals surface area contributed by atoms with Crippen LogP contribution in [-0.2, 0) is 6.54 Å². The van der Waals surface area contributed by atoms with Gasteiger partial charge in [0, 0.05) is 6.04 Å². The van der Waals surface area contributed by atoms with E-state index in [1.807, 2.05) is 6.92 Å². The van der Waals surface area contributed by atoms with Gasteiger partial charge in [0.15, 0.2) is 5.82 Å². The Kier molecular flexibility index (Phi) is 1.62. The third-order valence-corrected chi connectivity index (χ3v) is 1.77. The van der Waals surface area contributed by atoms with Crippen molar-refractivity contribution in [2.75, 3.05) is 0 Å². The van der Waals surface area contributed by atoms with Crippen molar-refractivity contribution in [2.24, 2.45) is 0 Å². The van der Waals surface area contributed by atoms with Crippen LogP contribution in [0.4, 0.5) is 0 Å². The van der Waals surface area contributed by atoms with Crippen LogP contribution in [0.1, 0.15) is 24.5 Å². The van der Waals surface area contributed by atoms with Gasteiger partial charge >= 0.3 is 0 Å². The highest BCUT2D eigenvalue weighted by molar-refractivity contribution is 4.89. The average molecular weight is 152 g/mol. The maximum Gasteiger partial charge on any atom is 0.164 e. The molecule has 0 radical (unpaired) electrons. The Bertz CT molecular complexity index is 238. The molecule has 11 heavy (non-hydrogen) atoms. The molecular formula is C7H12N4. The molecule has 0 atom stereocenters. The van der Waals surface area contributed by atoms with E-state index in [0.717, 1.165) is 24.2 Å². The largest absolute Gasteiger partial charge is 0.307 e. The third kappa shape index (κ3) is 1.77. The minimum atomic E-state index is 0.730. The molecule has 4 nitrogen and oxygen atoms in total. The van der Waals surface area contributed by atoms with Gasteiger partial charge < -0.3 is 5.32 Å². The lowest BCUT2D eigenvalue weighted by Gasteiger charge is -1.95. The van der Waals surface area contributed by atoms with Crippen molar-refractivity contribution in [3.8, 4) is 0 Å². The topological polar surface area (TPSA) is 53.6 Å². The Morgan fingerprint density at radius 3 is 3.00 bits per heavy atom. The fourth-order valence-electron chi connectivity index (χ4n) is 0.991. The van der Waals surface area contributed by atoms with Gasteiger partial charge in [-0.05, 0) is 19.8 Å². The van der Waals surface area contributed by atoms with Crippen molar-refractivity contribution >= 4 is 0 Å². The Hall–Kier alpha value is -0.900. The van der Waals surface area contributed by atoms with Gasteiger partial charge in [0.25, 0.3) is 0 Å². The first-order valence-electron chi connectivity index (χ1n) is 3.96. The minimum Gasteiger partial charge on any atom is -0.307 e. The van der Waals surface area contributed by atoms with Crippen molar-refractivity contribution in [3.63, 3.8) is 0 Å². The number of hydrogen-bond donors (Lipinski definition) is 2. The first kappa shape index (κ1) is 6.79. The number of rotatable bonds is 3. The summed E-state index contributed by atoms with van der Waals surface area (Å²) in [6.45, 7) is 2.71. The zero-order valence-corrected chi connectivity index (χ0v) is 6.59. The zero-order valence-electron chi connectivity index (χ0n) is 6.59. The van der Waals surface area contributed by atoms with Gasteiger partial charge in [0.1, 0.15) is 5.82 Å². The SMILES string of the molecule is Cc1nc(CNC2CC2)n[nH]1. The Morgan fingerprint density at radius 1 is 1.64 bits per heavy atom. The van der Waals surface area contributed by atoms with E-state index in [1.54, 1.807) is 0 Å². The number of aromatic amines is 1. The molecule has 1 aromatic heterocycles. The monoisotopic (exact) mass is 152 g/mol. The lowest BCUT2D eigenvalue weighted by molar-refractivity contribution is 0.660. The van der Waals surface area contributed by atoms with Gasteiger partial charge in [0.2, 0.25) is 0 Å². The number of nitrogens with one attached hydrogen (secondary N) is 2. The molecule has 4 heteroatoms. The zero-order chi connectivity index (χ0) is 7.68. The number of H-pyrrole nitrogens is 1. The quantitative estimate of drug-likeness (QED) is 0.657. The number of aromatic nitrogens is 3. The summed E-state index contributed by atoms with van der Waals surface area (Å²) in [5, 5.41) is 10.2. The molecule has 1 aliphatic rings. The molecule has 1 aromatic rings.